The van der Waals surface area contributed by atoms with Gasteiger partial charge in [0.1, 0.15) is 5.75 Å². The lowest BCUT2D eigenvalue weighted by atomic mass is 10.1. The Balaban J connectivity index is 2.04. The molecule has 2 aromatic rings. The van der Waals surface area contributed by atoms with E-state index in [1.165, 1.54) is 25.7 Å². The summed E-state index contributed by atoms with van der Waals surface area (Å²) in [5, 5.41) is 11.2. The Morgan fingerprint density at radius 2 is 1.91 bits per heavy atom. The van der Waals surface area contributed by atoms with Crippen LogP contribution >= 0.6 is 11.6 Å². The molecule has 118 valence electrons. The van der Waals surface area contributed by atoms with Gasteiger partial charge < -0.3 is 9.84 Å². The van der Waals surface area contributed by atoms with Gasteiger partial charge in [0, 0.05) is 5.39 Å². The Morgan fingerprint density at radius 1 is 1.14 bits per heavy atom. The van der Waals surface area contributed by atoms with E-state index in [4.69, 9.17) is 21.4 Å². The second kappa shape index (κ2) is 8.04. The molecule has 0 fully saturated rings. The summed E-state index contributed by atoms with van der Waals surface area (Å²) in [6.45, 7) is 2.85. The van der Waals surface area contributed by atoms with Gasteiger partial charge in [0.25, 0.3) is 0 Å². The van der Waals surface area contributed by atoms with Crippen LogP contribution in [0.1, 0.15) is 49.4 Å². The summed E-state index contributed by atoms with van der Waals surface area (Å²) in [4.78, 5) is 11.0. The Morgan fingerprint density at radius 3 is 2.64 bits per heavy atom. The molecule has 0 atom stereocenters. The minimum atomic E-state index is -0.939. The highest BCUT2D eigenvalue weighted by atomic mass is 35.5. The zero-order chi connectivity index (χ0) is 15.9. The molecule has 0 bridgehead atoms. The van der Waals surface area contributed by atoms with Crippen molar-refractivity contribution in [3.05, 3.63) is 40.9 Å². The third kappa shape index (κ3) is 4.14. The molecule has 0 heterocycles. The van der Waals surface area contributed by atoms with Crippen LogP contribution in [0.5, 0.6) is 5.75 Å². The summed E-state index contributed by atoms with van der Waals surface area (Å²) in [6.07, 6.45) is 5.93. The van der Waals surface area contributed by atoms with E-state index in [9.17, 15) is 4.79 Å². The van der Waals surface area contributed by atoms with E-state index in [2.05, 4.69) is 6.92 Å². The van der Waals surface area contributed by atoms with Crippen molar-refractivity contribution in [2.75, 3.05) is 6.61 Å². The van der Waals surface area contributed by atoms with E-state index in [0.717, 1.165) is 17.2 Å². The predicted octanol–water partition coefficient (Wildman–Crippen LogP) is 5.54. The van der Waals surface area contributed by atoms with Crippen LogP contribution < -0.4 is 4.74 Å². The molecule has 22 heavy (non-hydrogen) atoms. The smallest absolute Gasteiger partial charge is 0.335 e. The average molecular weight is 321 g/mol. The molecule has 0 saturated carbocycles. The number of unbranched alkanes of at least 4 members (excludes halogenated alkanes) is 4. The lowest BCUT2D eigenvalue weighted by Crippen LogP contribution is -1.99. The minimum absolute atomic E-state index is 0.258. The van der Waals surface area contributed by atoms with E-state index in [0.29, 0.717) is 17.4 Å². The summed E-state index contributed by atoms with van der Waals surface area (Å²) < 4.78 is 5.75. The number of benzene rings is 2. The van der Waals surface area contributed by atoms with Crippen LogP contribution in [0.3, 0.4) is 0 Å². The van der Waals surface area contributed by atoms with Crippen molar-refractivity contribution in [3.8, 4) is 5.75 Å². The first kappa shape index (κ1) is 16.6. The van der Waals surface area contributed by atoms with Crippen molar-refractivity contribution in [3.63, 3.8) is 0 Å². The molecule has 2 aromatic carbocycles. The summed E-state index contributed by atoms with van der Waals surface area (Å²) in [7, 11) is 0. The summed E-state index contributed by atoms with van der Waals surface area (Å²) in [5.41, 5.74) is 0.258. The first-order valence-corrected chi connectivity index (χ1v) is 8.09. The Labute approximate surface area is 135 Å². The first-order chi connectivity index (χ1) is 10.6. The highest BCUT2D eigenvalue weighted by molar-refractivity contribution is 6.37. The normalized spacial score (nSPS) is 10.8. The molecule has 0 aliphatic heterocycles. The van der Waals surface area contributed by atoms with Crippen LogP contribution in [0, 0.1) is 0 Å². The third-order valence-corrected chi connectivity index (χ3v) is 4.06. The first-order valence-electron chi connectivity index (χ1n) is 7.72. The maximum Gasteiger partial charge on any atom is 0.335 e. The monoisotopic (exact) mass is 320 g/mol. The number of aromatic carboxylic acids is 1. The number of carboxylic acids is 1. The van der Waals surface area contributed by atoms with Crippen molar-refractivity contribution >= 4 is 28.3 Å². The van der Waals surface area contributed by atoms with Gasteiger partial charge in [-0.25, -0.2) is 4.79 Å². The fourth-order valence-electron chi connectivity index (χ4n) is 2.40. The number of fused-ring (bicyclic) bond motifs is 1. The van der Waals surface area contributed by atoms with Crippen LogP contribution in [0.2, 0.25) is 5.02 Å². The quantitative estimate of drug-likeness (QED) is 0.649. The Bertz CT molecular complexity index is 652. The SMILES string of the molecule is CCCCCCCOc1ccc2cc(C(=O)O)ccc2c1Cl. The van der Waals surface area contributed by atoms with Crippen LogP contribution in [0.15, 0.2) is 30.3 Å². The maximum atomic E-state index is 11.0. The third-order valence-electron chi connectivity index (χ3n) is 3.67. The summed E-state index contributed by atoms with van der Waals surface area (Å²) >= 11 is 6.36. The lowest BCUT2D eigenvalue weighted by Gasteiger charge is -2.10. The van der Waals surface area contributed by atoms with Gasteiger partial charge in [-0.15, -0.1) is 0 Å². The fraction of sp³-hybridized carbons (Fsp3) is 0.389. The number of carbonyl (C=O) groups is 1. The molecule has 0 amide bonds. The molecule has 1 N–H and O–H groups in total. The van der Waals surface area contributed by atoms with Crippen molar-refractivity contribution in [2.24, 2.45) is 0 Å². The topological polar surface area (TPSA) is 46.5 Å². The van der Waals surface area contributed by atoms with Crippen LogP contribution in [0.4, 0.5) is 0 Å². The molecule has 0 saturated heterocycles. The van der Waals surface area contributed by atoms with E-state index in [1.54, 1.807) is 18.2 Å². The molecule has 0 aliphatic rings. The minimum Gasteiger partial charge on any atom is -0.492 e. The van der Waals surface area contributed by atoms with E-state index in [-0.39, 0.29) is 5.56 Å². The number of ether oxygens (including phenoxy) is 1. The van der Waals surface area contributed by atoms with Crippen molar-refractivity contribution in [2.45, 2.75) is 39.0 Å². The van der Waals surface area contributed by atoms with Gasteiger partial charge in [-0.1, -0.05) is 56.3 Å². The molecule has 4 heteroatoms. The second-order valence-corrected chi connectivity index (χ2v) is 5.76. The highest BCUT2D eigenvalue weighted by Crippen LogP contribution is 2.33. The summed E-state index contributed by atoms with van der Waals surface area (Å²) in [5.74, 6) is -0.279. The van der Waals surface area contributed by atoms with Gasteiger partial charge in [0.15, 0.2) is 0 Å². The number of halogens is 1. The van der Waals surface area contributed by atoms with Crippen molar-refractivity contribution in [1.82, 2.24) is 0 Å². The zero-order valence-corrected chi connectivity index (χ0v) is 13.5. The van der Waals surface area contributed by atoms with Gasteiger partial charge in [-0.05, 0) is 30.0 Å². The van der Waals surface area contributed by atoms with Crippen LogP contribution in [-0.2, 0) is 0 Å². The highest BCUT2D eigenvalue weighted by Gasteiger charge is 2.09. The average Bonchev–Trinajstić information content (AvgIpc) is 2.52. The molecule has 0 unspecified atom stereocenters. The van der Waals surface area contributed by atoms with Gasteiger partial charge >= 0.3 is 5.97 Å². The molecule has 0 radical (unpaired) electrons. The largest absolute Gasteiger partial charge is 0.492 e. The molecule has 0 spiro atoms. The molecule has 3 nitrogen and oxygen atoms in total. The van der Waals surface area contributed by atoms with Gasteiger partial charge in [0.2, 0.25) is 0 Å². The lowest BCUT2D eigenvalue weighted by molar-refractivity contribution is 0.0697. The molecular weight excluding hydrogens is 300 g/mol. The molecular formula is C18H21ClO3. The van der Waals surface area contributed by atoms with Gasteiger partial charge in [-0.3, -0.25) is 0 Å². The van der Waals surface area contributed by atoms with Crippen molar-refractivity contribution in [1.29, 1.82) is 0 Å². The predicted molar refractivity (Wildman–Crippen MR) is 90.2 cm³/mol. The van der Waals surface area contributed by atoms with Crippen LogP contribution in [0.25, 0.3) is 10.8 Å². The number of rotatable bonds is 8. The van der Waals surface area contributed by atoms with Crippen LogP contribution in [-0.4, -0.2) is 17.7 Å². The van der Waals surface area contributed by atoms with E-state index < -0.39 is 5.97 Å². The van der Waals surface area contributed by atoms with Gasteiger partial charge in [0.05, 0.1) is 17.2 Å². The number of hydrogen-bond acceptors (Lipinski definition) is 2. The number of carboxylic acid groups (broad SMARTS) is 1. The molecule has 0 aliphatic carbocycles. The molecule has 2 rings (SSSR count). The Hall–Kier alpha value is -1.74. The fourth-order valence-corrected chi connectivity index (χ4v) is 2.69. The standard InChI is InChI=1S/C18H21ClO3/c1-2-3-4-5-6-11-22-16-10-8-13-12-14(18(20)21)7-9-15(13)17(16)19/h7-10,12H,2-6,11H2,1H3,(H,20,21). The maximum absolute atomic E-state index is 11.0. The summed E-state index contributed by atoms with van der Waals surface area (Å²) in [6, 6.07) is 8.57. The Kier molecular flexibility index (Phi) is 6.08. The number of hydrogen-bond donors (Lipinski definition) is 1. The zero-order valence-electron chi connectivity index (χ0n) is 12.8. The van der Waals surface area contributed by atoms with E-state index in [1.807, 2.05) is 12.1 Å². The van der Waals surface area contributed by atoms with E-state index >= 15 is 0 Å². The second-order valence-electron chi connectivity index (χ2n) is 5.38. The van der Waals surface area contributed by atoms with Gasteiger partial charge in [-0.2, -0.15) is 0 Å². The van der Waals surface area contributed by atoms with Crippen molar-refractivity contribution < 1.29 is 14.6 Å². The molecule has 0 aromatic heterocycles.